The molecule has 0 amide bonds. The van der Waals surface area contributed by atoms with Gasteiger partial charge >= 0.3 is 6.18 Å². The molecular weight excluding hydrogens is 496 g/mol. The average Bonchev–Trinajstić information content (AvgIpc) is 3.19. The van der Waals surface area contributed by atoms with E-state index in [1.54, 1.807) is 6.07 Å². The van der Waals surface area contributed by atoms with Crippen LogP contribution >= 0.6 is 23.2 Å². The summed E-state index contributed by atoms with van der Waals surface area (Å²) in [5.74, 6) is 1.41. The summed E-state index contributed by atoms with van der Waals surface area (Å²) < 4.78 is 54.3. The molecule has 2 aromatic carbocycles. The van der Waals surface area contributed by atoms with E-state index in [1.807, 2.05) is 19.1 Å². The standard InChI is InChI=1S/C23H23Cl2F3N2O2S/c1-14-7-15(4-5-16(14)12-29-20-3-2-6-33(31)13-20)21-11-22(32-30-21,23(26,27)28)17-8-18(24)10-19(25)9-17/h4-5,7-10,20,29H,2-3,6,11-13H2,1H3. The Hall–Kier alpha value is -1.61. The van der Waals surface area contributed by atoms with Gasteiger partial charge in [0.1, 0.15) is 0 Å². The van der Waals surface area contributed by atoms with E-state index < -0.39 is 29.0 Å². The molecule has 4 rings (SSSR count). The lowest BCUT2D eigenvalue weighted by Crippen LogP contribution is -2.42. The highest BCUT2D eigenvalue weighted by Crippen LogP contribution is 2.49. The Morgan fingerprint density at radius 1 is 1.21 bits per heavy atom. The molecule has 1 fully saturated rings. The van der Waals surface area contributed by atoms with Crippen LogP contribution in [0.25, 0.3) is 0 Å². The third kappa shape index (κ3) is 5.24. The summed E-state index contributed by atoms with van der Waals surface area (Å²) in [5.41, 5.74) is -0.119. The molecule has 1 N–H and O–H groups in total. The zero-order valence-corrected chi connectivity index (χ0v) is 20.2. The Morgan fingerprint density at radius 2 is 1.94 bits per heavy atom. The van der Waals surface area contributed by atoms with Gasteiger partial charge in [0.15, 0.2) is 0 Å². The predicted octanol–water partition coefficient (Wildman–Crippen LogP) is 5.88. The maximum absolute atomic E-state index is 14.2. The molecule has 2 aromatic rings. The van der Waals surface area contributed by atoms with Crippen LogP contribution < -0.4 is 5.32 Å². The molecule has 4 nitrogen and oxygen atoms in total. The fourth-order valence-corrected chi connectivity index (χ4v) is 6.13. The average molecular weight is 519 g/mol. The number of halogens is 5. The van der Waals surface area contributed by atoms with Crippen LogP contribution in [0.2, 0.25) is 10.0 Å². The summed E-state index contributed by atoms with van der Waals surface area (Å²) in [6.07, 6.45) is -3.28. The maximum atomic E-state index is 14.2. The molecular formula is C23H23Cl2F3N2O2S. The summed E-state index contributed by atoms with van der Waals surface area (Å²) in [7, 11) is -0.773. The van der Waals surface area contributed by atoms with E-state index in [4.69, 9.17) is 28.0 Å². The molecule has 0 aromatic heterocycles. The summed E-state index contributed by atoms with van der Waals surface area (Å²) in [6, 6.07) is 9.44. The van der Waals surface area contributed by atoms with Crippen LogP contribution in [0.1, 0.15) is 41.5 Å². The molecule has 1 saturated heterocycles. The highest BCUT2D eigenvalue weighted by Gasteiger charge is 2.62. The van der Waals surface area contributed by atoms with Crippen LogP contribution in [0.3, 0.4) is 0 Å². The quantitative estimate of drug-likeness (QED) is 0.537. The monoisotopic (exact) mass is 518 g/mol. The van der Waals surface area contributed by atoms with Crippen LogP contribution in [-0.2, 0) is 27.8 Å². The lowest BCUT2D eigenvalue weighted by Gasteiger charge is -2.29. The molecule has 0 radical (unpaired) electrons. The van der Waals surface area contributed by atoms with Crippen molar-refractivity contribution in [3.63, 3.8) is 0 Å². The molecule has 3 atom stereocenters. The molecule has 10 heteroatoms. The minimum Gasteiger partial charge on any atom is -0.374 e. The number of alkyl halides is 3. The topological polar surface area (TPSA) is 50.7 Å². The number of hydrogen-bond acceptors (Lipinski definition) is 4. The van der Waals surface area contributed by atoms with Crippen molar-refractivity contribution in [1.82, 2.24) is 5.32 Å². The van der Waals surface area contributed by atoms with Crippen molar-refractivity contribution >= 4 is 39.7 Å². The molecule has 2 aliphatic heterocycles. The van der Waals surface area contributed by atoms with Crippen LogP contribution in [-0.4, -0.2) is 33.6 Å². The first-order valence-electron chi connectivity index (χ1n) is 10.5. The van der Waals surface area contributed by atoms with Gasteiger partial charge in [0.25, 0.3) is 5.60 Å². The Balaban J connectivity index is 1.52. The Bertz CT molecular complexity index is 1090. The minimum atomic E-state index is -4.73. The number of rotatable bonds is 5. The summed E-state index contributed by atoms with van der Waals surface area (Å²) >= 11 is 11.9. The van der Waals surface area contributed by atoms with E-state index in [0.717, 1.165) is 29.7 Å². The Morgan fingerprint density at radius 3 is 2.58 bits per heavy atom. The number of nitrogens with one attached hydrogen (secondary N) is 1. The van der Waals surface area contributed by atoms with Gasteiger partial charge in [-0.05, 0) is 60.7 Å². The normalized spacial score (nSPS) is 25.6. The number of oxime groups is 1. The van der Waals surface area contributed by atoms with E-state index in [2.05, 4.69) is 10.5 Å². The molecule has 178 valence electrons. The van der Waals surface area contributed by atoms with Crippen LogP contribution in [0.4, 0.5) is 13.2 Å². The largest absolute Gasteiger partial charge is 0.435 e. The molecule has 2 aliphatic rings. The highest BCUT2D eigenvalue weighted by molar-refractivity contribution is 7.85. The maximum Gasteiger partial charge on any atom is 0.435 e. The number of hydrogen-bond donors (Lipinski definition) is 1. The van der Waals surface area contributed by atoms with Crippen LogP contribution in [0, 0.1) is 6.92 Å². The van der Waals surface area contributed by atoms with Gasteiger partial charge < -0.3 is 10.2 Å². The lowest BCUT2D eigenvalue weighted by molar-refractivity contribution is -0.275. The van der Waals surface area contributed by atoms with Crippen molar-refractivity contribution < 1.29 is 22.2 Å². The first-order valence-corrected chi connectivity index (χ1v) is 12.8. The van der Waals surface area contributed by atoms with E-state index in [9.17, 15) is 17.4 Å². The first kappa shape index (κ1) is 24.5. The predicted molar refractivity (Wildman–Crippen MR) is 125 cm³/mol. The van der Waals surface area contributed by atoms with Gasteiger partial charge in [0.05, 0.1) is 5.71 Å². The fraction of sp³-hybridized carbons (Fsp3) is 0.435. The van der Waals surface area contributed by atoms with Gasteiger partial charge in [-0.2, -0.15) is 13.2 Å². The zero-order chi connectivity index (χ0) is 23.8. The summed E-state index contributed by atoms with van der Waals surface area (Å²) in [6.45, 7) is 2.51. The zero-order valence-electron chi connectivity index (χ0n) is 17.8. The van der Waals surface area contributed by atoms with Gasteiger partial charge in [0.2, 0.25) is 0 Å². The molecule has 0 bridgehead atoms. The fourth-order valence-electron chi connectivity index (χ4n) is 4.22. The number of benzene rings is 2. The van der Waals surface area contributed by atoms with E-state index in [1.165, 1.54) is 18.2 Å². The van der Waals surface area contributed by atoms with Gasteiger partial charge in [-0.3, -0.25) is 4.21 Å². The van der Waals surface area contributed by atoms with Crippen molar-refractivity contribution in [2.24, 2.45) is 5.16 Å². The van der Waals surface area contributed by atoms with Gasteiger partial charge in [-0.1, -0.05) is 40.5 Å². The lowest BCUT2D eigenvalue weighted by atomic mass is 9.86. The summed E-state index contributed by atoms with van der Waals surface area (Å²) in [5, 5.41) is 7.44. The van der Waals surface area contributed by atoms with Crippen molar-refractivity contribution in [2.45, 2.75) is 50.6 Å². The van der Waals surface area contributed by atoms with Gasteiger partial charge in [-0.15, -0.1) is 0 Å². The second-order valence-corrected chi connectivity index (χ2v) is 11.0. The minimum absolute atomic E-state index is 0.0904. The molecule has 0 spiro atoms. The number of nitrogens with zero attached hydrogens (tertiary/aromatic N) is 1. The van der Waals surface area contributed by atoms with Gasteiger partial charge in [-0.25, -0.2) is 0 Å². The Labute approximate surface area is 202 Å². The van der Waals surface area contributed by atoms with Crippen molar-refractivity contribution in [3.8, 4) is 0 Å². The molecule has 33 heavy (non-hydrogen) atoms. The smallest absolute Gasteiger partial charge is 0.374 e. The first-order chi connectivity index (χ1) is 15.6. The van der Waals surface area contributed by atoms with Crippen molar-refractivity contribution in [3.05, 3.63) is 68.7 Å². The second-order valence-electron chi connectivity index (χ2n) is 8.46. The van der Waals surface area contributed by atoms with Crippen LogP contribution in [0.5, 0.6) is 0 Å². The summed E-state index contributed by atoms with van der Waals surface area (Å²) in [4.78, 5) is 5.08. The van der Waals surface area contributed by atoms with Crippen molar-refractivity contribution in [1.29, 1.82) is 0 Å². The number of aryl methyl sites for hydroxylation is 1. The SMILES string of the molecule is Cc1cc(C2=NOC(c3cc(Cl)cc(Cl)c3)(C(F)(F)F)C2)ccc1CNC1CCCS(=O)C1. The molecule has 0 aliphatic carbocycles. The van der Waals surface area contributed by atoms with Crippen molar-refractivity contribution in [2.75, 3.05) is 11.5 Å². The van der Waals surface area contributed by atoms with E-state index >= 15 is 0 Å². The molecule has 0 saturated carbocycles. The Kier molecular flexibility index (Phi) is 7.10. The molecule has 2 heterocycles. The van der Waals surface area contributed by atoms with Gasteiger partial charge in [0, 0.05) is 56.9 Å². The van der Waals surface area contributed by atoms with Crippen LogP contribution in [0.15, 0.2) is 41.6 Å². The second kappa shape index (κ2) is 9.56. The highest BCUT2D eigenvalue weighted by atomic mass is 35.5. The third-order valence-electron chi connectivity index (χ3n) is 6.08. The van der Waals surface area contributed by atoms with E-state index in [-0.39, 0.29) is 27.4 Å². The third-order valence-corrected chi connectivity index (χ3v) is 8.04. The molecule has 3 unspecified atom stereocenters. The van der Waals surface area contributed by atoms with E-state index in [0.29, 0.717) is 17.9 Å².